The van der Waals surface area contributed by atoms with Crippen molar-refractivity contribution in [3.05, 3.63) is 117 Å². The molecule has 4 aromatic carbocycles. The van der Waals surface area contributed by atoms with E-state index in [1.807, 2.05) is 82.3 Å². The highest BCUT2D eigenvalue weighted by atomic mass is 79.9. The summed E-state index contributed by atoms with van der Waals surface area (Å²) in [6, 6.07) is 24.5. The van der Waals surface area contributed by atoms with Crippen molar-refractivity contribution in [3.63, 3.8) is 0 Å². The fourth-order valence-electron chi connectivity index (χ4n) is 6.67. The smallest absolute Gasteiger partial charge is 0.235 e. The van der Waals surface area contributed by atoms with Gasteiger partial charge in [-0.15, -0.1) is 0 Å². The van der Waals surface area contributed by atoms with Crippen LogP contribution < -0.4 is 20.1 Å². The maximum atomic E-state index is 14.4. The number of carbonyl (C=O) groups is 3. The molecular formula is C40H43BrN2O6. The highest BCUT2D eigenvalue weighted by Gasteiger charge is 2.56. The molecule has 0 bridgehead atoms. The molecule has 1 aliphatic rings. The maximum Gasteiger partial charge on any atom is 0.235 e. The summed E-state index contributed by atoms with van der Waals surface area (Å²) in [6.45, 7) is 9.55. The van der Waals surface area contributed by atoms with E-state index >= 15 is 0 Å². The van der Waals surface area contributed by atoms with E-state index in [0.29, 0.717) is 45.9 Å². The average molecular weight is 728 g/mol. The molecule has 0 radical (unpaired) electrons. The van der Waals surface area contributed by atoms with Gasteiger partial charge in [-0.2, -0.15) is 0 Å². The van der Waals surface area contributed by atoms with Crippen LogP contribution in [0.4, 0.5) is 11.4 Å². The number of aliphatic hydroxyl groups is 1. The minimum Gasteiger partial charge on any atom is -0.493 e. The third-order valence-electron chi connectivity index (χ3n) is 9.67. The van der Waals surface area contributed by atoms with Crippen LogP contribution in [0.2, 0.25) is 0 Å². The zero-order valence-corrected chi connectivity index (χ0v) is 30.3. The molecule has 4 atom stereocenters. The topological polar surface area (TPSA) is 114 Å². The molecular weight excluding hydrogens is 684 g/mol. The Bertz CT molecular complexity index is 1870. The molecule has 1 saturated carbocycles. The summed E-state index contributed by atoms with van der Waals surface area (Å²) in [5, 5.41) is 17.8. The Labute approximate surface area is 296 Å². The molecule has 0 aromatic heterocycles. The van der Waals surface area contributed by atoms with Crippen LogP contribution in [-0.2, 0) is 20.8 Å². The van der Waals surface area contributed by atoms with Gasteiger partial charge in [-0.3, -0.25) is 14.4 Å². The lowest BCUT2D eigenvalue weighted by Gasteiger charge is -2.44. The average Bonchev–Trinajstić information content (AvgIpc) is 3.05. The van der Waals surface area contributed by atoms with Crippen LogP contribution in [0.3, 0.4) is 0 Å². The molecule has 0 saturated heterocycles. The van der Waals surface area contributed by atoms with Crippen molar-refractivity contribution < 1.29 is 29.0 Å². The van der Waals surface area contributed by atoms with Gasteiger partial charge in [-0.1, -0.05) is 54.6 Å². The van der Waals surface area contributed by atoms with E-state index in [-0.39, 0.29) is 6.42 Å². The van der Waals surface area contributed by atoms with Crippen molar-refractivity contribution in [1.29, 1.82) is 0 Å². The van der Waals surface area contributed by atoms with E-state index in [4.69, 9.17) is 9.47 Å². The van der Waals surface area contributed by atoms with Crippen molar-refractivity contribution in [2.45, 2.75) is 59.0 Å². The third kappa shape index (κ3) is 7.73. The number of hydrogen-bond donors (Lipinski definition) is 3. The van der Waals surface area contributed by atoms with Gasteiger partial charge in [0.05, 0.1) is 29.7 Å². The monoisotopic (exact) mass is 726 g/mol. The van der Waals surface area contributed by atoms with Crippen LogP contribution in [0.25, 0.3) is 0 Å². The first kappa shape index (κ1) is 35.8. The Balaban J connectivity index is 1.58. The number of halogens is 1. The molecule has 4 aromatic rings. The molecule has 5 rings (SSSR count). The number of methoxy groups -OCH3 is 1. The van der Waals surface area contributed by atoms with E-state index in [0.717, 1.165) is 27.8 Å². The lowest BCUT2D eigenvalue weighted by Crippen LogP contribution is -2.56. The fourth-order valence-corrected chi connectivity index (χ4v) is 7.25. The highest BCUT2D eigenvalue weighted by Crippen LogP contribution is 2.49. The minimum atomic E-state index is -1.77. The first-order valence-electron chi connectivity index (χ1n) is 16.4. The summed E-state index contributed by atoms with van der Waals surface area (Å²) < 4.78 is 12.5. The molecule has 0 spiro atoms. The van der Waals surface area contributed by atoms with Crippen molar-refractivity contribution in [2.24, 2.45) is 11.8 Å². The Morgan fingerprint density at radius 3 is 2.06 bits per heavy atom. The quantitative estimate of drug-likeness (QED) is 0.145. The largest absolute Gasteiger partial charge is 0.493 e. The SMILES string of the molecule is COc1cc(C2C(C(=O)Nc3cccc(C)c3C)C(=O)CC(C)(O)C2C(=O)Nc2cccc(C)c2C)cc(Br)c1OCCc1ccccc1. The van der Waals surface area contributed by atoms with Crippen molar-refractivity contribution in [3.8, 4) is 11.5 Å². The zero-order chi connectivity index (χ0) is 35.5. The number of ether oxygens (including phenoxy) is 2. The Hall–Kier alpha value is -4.47. The summed E-state index contributed by atoms with van der Waals surface area (Å²) in [5.74, 6) is -4.26. The van der Waals surface area contributed by atoms with Crippen LogP contribution in [0, 0.1) is 39.5 Å². The molecule has 1 aliphatic carbocycles. The summed E-state index contributed by atoms with van der Waals surface area (Å²) in [7, 11) is 1.51. The third-order valence-corrected chi connectivity index (χ3v) is 10.3. The molecule has 1 fully saturated rings. The fraction of sp³-hybridized carbons (Fsp3) is 0.325. The predicted octanol–water partition coefficient (Wildman–Crippen LogP) is 7.63. The number of benzene rings is 4. The lowest BCUT2D eigenvalue weighted by atomic mass is 9.61. The van der Waals surface area contributed by atoms with E-state index in [1.165, 1.54) is 14.0 Å². The summed E-state index contributed by atoms with van der Waals surface area (Å²) >= 11 is 3.64. The second-order valence-corrected chi connectivity index (χ2v) is 13.9. The second kappa shape index (κ2) is 15.0. The number of ketones is 1. The minimum absolute atomic E-state index is 0.359. The van der Waals surface area contributed by atoms with E-state index in [9.17, 15) is 19.5 Å². The van der Waals surface area contributed by atoms with Crippen molar-refractivity contribution in [2.75, 3.05) is 24.4 Å². The molecule has 3 N–H and O–H groups in total. The Morgan fingerprint density at radius 1 is 0.878 bits per heavy atom. The van der Waals surface area contributed by atoms with Gasteiger partial charge >= 0.3 is 0 Å². The van der Waals surface area contributed by atoms with Gasteiger partial charge in [0.1, 0.15) is 11.7 Å². The molecule has 4 unspecified atom stereocenters. The molecule has 0 aliphatic heterocycles. The standard InChI is InChI=1S/C40H43BrN2O6/c1-23-12-10-16-30(25(23)3)42-38(45)35-32(44)22-40(5,47)36(39(46)43-31-17-11-13-24(2)26(31)4)34(35)28-20-29(41)37(33(21-28)48-6)49-19-18-27-14-8-7-9-15-27/h7-17,20-21,34-36,47H,18-19,22H2,1-6H3,(H,42,45)(H,43,46). The van der Waals surface area contributed by atoms with Crippen molar-refractivity contribution in [1.82, 2.24) is 0 Å². The number of Topliss-reactive ketones (excluding diaryl/α,β-unsaturated/α-hetero) is 1. The molecule has 2 amide bonds. The van der Waals surface area contributed by atoms with Gasteiger partial charge in [-0.25, -0.2) is 0 Å². The van der Waals surface area contributed by atoms with Crippen LogP contribution in [0.15, 0.2) is 83.3 Å². The summed E-state index contributed by atoms with van der Waals surface area (Å²) in [5.41, 5.74) is 4.70. The van der Waals surface area contributed by atoms with Gasteiger partial charge in [0.25, 0.3) is 0 Å². The number of aryl methyl sites for hydroxylation is 2. The number of carbonyl (C=O) groups excluding carboxylic acids is 3. The molecule has 9 heteroatoms. The van der Waals surface area contributed by atoms with E-state index in [2.05, 4.69) is 26.6 Å². The molecule has 256 valence electrons. The number of rotatable bonds is 10. The first-order chi connectivity index (χ1) is 23.3. The summed E-state index contributed by atoms with van der Waals surface area (Å²) in [6.07, 6.45) is 0.289. The normalized spacial score (nSPS) is 20.4. The lowest BCUT2D eigenvalue weighted by molar-refractivity contribution is -0.150. The van der Waals surface area contributed by atoms with Gasteiger partial charge < -0.3 is 25.2 Å². The Kier molecular flexibility index (Phi) is 10.9. The van der Waals surface area contributed by atoms with Gasteiger partial charge in [0.15, 0.2) is 11.5 Å². The van der Waals surface area contributed by atoms with Gasteiger partial charge in [0.2, 0.25) is 11.8 Å². The van der Waals surface area contributed by atoms with Gasteiger partial charge in [-0.05, 0) is 108 Å². The van der Waals surface area contributed by atoms with Gasteiger partial charge in [0, 0.05) is 30.1 Å². The summed E-state index contributed by atoms with van der Waals surface area (Å²) in [4.78, 5) is 42.6. The number of nitrogens with one attached hydrogen (secondary N) is 2. The van der Waals surface area contributed by atoms with Crippen LogP contribution in [0.1, 0.15) is 52.6 Å². The Morgan fingerprint density at radius 2 is 1.47 bits per heavy atom. The van der Waals surface area contributed by atoms with E-state index in [1.54, 1.807) is 24.3 Å². The molecule has 0 heterocycles. The van der Waals surface area contributed by atoms with Crippen LogP contribution in [0.5, 0.6) is 11.5 Å². The number of anilines is 2. The second-order valence-electron chi connectivity index (χ2n) is 13.1. The molecule has 8 nitrogen and oxygen atoms in total. The zero-order valence-electron chi connectivity index (χ0n) is 28.7. The number of amides is 2. The van der Waals surface area contributed by atoms with Crippen LogP contribution >= 0.6 is 15.9 Å². The highest BCUT2D eigenvalue weighted by molar-refractivity contribution is 9.10. The van der Waals surface area contributed by atoms with Crippen molar-refractivity contribution >= 4 is 44.9 Å². The van der Waals surface area contributed by atoms with Crippen LogP contribution in [-0.4, -0.2) is 42.0 Å². The predicted molar refractivity (Wildman–Crippen MR) is 195 cm³/mol. The molecule has 49 heavy (non-hydrogen) atoms. The van der Waals surface area contributed by atoms with E-state index < -0.39 is 41.0 Å². The number of hydrogen-bond acceptors (Lipinski definition) is 6. The maximum absolute atomic E-state index is 14.4. The first-order valence-corrected chi connectivity index (χ1v) is 17.1.